The van der Waals surface area contributed by atoms with Crippen LogP contribution >= 0.6 is 0 Å². The molecule has 7 N–H and O–H groups in total. The number of carbonyl (C=O) groups is 3. The molecular formula is C23H48N2O6. The number of hydrogen-bond donors (Lipinski definition) is 5. The molecule has 0 fully saturated rings. The highest BCUT2D eigenvalue weighted by atomic mass is 16.4. The standard InChI is InChI=1S/C11H22O2.C6H16N2.C6H10O4/c1-2-3-4-5-6-7-8-9-10-11(12)13;7-5-3-1-2-4-6-8;7-5(8)3-1-2-4-6(9)10/h2-10H2,1H3,(H,12,13);1-8H2;1-4H2,(H,7,8)(H,9,10). The van der Waals surface area contributed by atoms with Crippen LogP contribution in [0.3, 0.4) is 0 Å². The lowest BCUT2D eigenvalue weighted by molar-refractivity contribution is -0.139. The summed E-state index contributed by atoms with van der Waals surface area (Å²) in [6, 6.07) is 0. The van der Waals surface area contributed by atoms with Gasteiger partial charge in [0.1, 0.15) is 0 Å². The summed E-state index contributed by atoms with van der Waals surface area (Å²) in [6.45, 7) is 3.86. The second kappa shape index (κ2) is 30.5. The van der Waals surface area contributed by atoms with Crippen molar-refractivity contribution in [3.05, 3.63) is 0 Å². The fourth-order valence-corrected chi connectivity index (χ4v) is 2.60. The Balaban J connectivity index is -0.000000392. The molecule has 0 atom stereocenters. The van der Waals surface area contributed by atoms with Gasteiger partial charge in [-0.05, 0) is 45.2 Å². The molecular weight excluding hydrogens is 400 g/mol. The quantitative estimate of drug-likeness (QED) is 0.176. The van der Waals surface area contributed by atoms with Crippen molar-refractivity contribution in [1.82, 2.24) is 0 Å². The molecule has 0 saturated carbocycles. The van der Waals surface area contributed by atoms with Crippen molar-refractivity contribution in [1.29, 1.82) is 0 Å². The molecule has 186 valence electrons. The van der Waals surface area contributed by atoms with Crippen molar-refractivity contribution in [3.8, 4) is 0 Å². The maximum absolute atomic E-state index is 10.2. The van der Waals surface area contributed by atoms with E-state index in [0.717, 1.165) is 38.8 Å². The third kappa shape index (κ3) is 47.5. The zero-order valence-electron chi connectivity index (χ0n) is 19.7. The zero-order chi connectivity index (χ0) is 24.2. The molecule has 8 nitrogen and oxygen atoms in total. The van der Waals surface area contributed by atoms with Gasteiger partial charge in [-0.1, -0.05) is 64.7 Å². The van der Waals surface area contributed by atoms with Crippen molar-refractivity contribution >= 4 is 17.9 Å². The molecule has 0 rings (SSSR count). The Morgan fingerprint density at radius 2 is 0.742 bits per heavy atom. The number of rotatable bonds is 19. The average molecular weight is 449 g/mol. The van der Waals surface area contributed by atoms with Crippen molar-refractivity contribution in [2.24, 2.45) is 11.5 Å². The molecule has 31 heavy (non-hydrogen) atoms. The molecule has 0 aromatic carbocycles. The first-order valence-electron chi connectivity index (χ1n) is 11.9. The maximum atomic E-state index is 10.2. The fourth-order valence-electron chi connectivity index (χ4n) is 2.60. The van der Waals surface area contributed by atoms with Gasteiger partial charge in [-0.15, -0.1) is 0 Å². The van der Waals surface area contributed by atoms with Gasteiger partial charge in [-0.25, -0.2) is 0 Å². The van der Waals surface area contributed by atoms with Crippen molar-refractivity contribution < 1.29 is 29.7 Å². The van der Waals surface area contributed by atoms with Crippen LogP contribution in [0.1, 0.15) is 116 Å². The molecule has 8 heteroatoms. The molecule has 0 radical (unpaired) electrons. The third-order valence-corrected chi connectivity index (χ3v) is 4.43. The largest absolute Gasteiger partial charge is 0.481 e. The Kier molecular flexibility index (Phi) is 33.4. The predicted octanol–water partition coefficient (Wildman–Crippen LogP) is 4.78. The summed E-state index contributed by atoms with van der Waals surface area (Å²) < 4.78 is 0. The van der Waals surface area contributed by atoms with Crippen LogP contribution in [0.4, 0.5) is 0 Å². The van der Waals surface area contributed by atoms with Gasteiger partial charge in [-0.3, -0.25) is 14.4 Å². The monoisotopic (exact) mass is 448 g/mol. The molecule has 0 spiro atoms. The zero-order valence-corrected chi connectivity index (χ0v) is 19.7. The molecule has 0 aliphatic heterocycles. The molecule has 0 amide bonds. The van der Waals surface area contributed by atoms with E-state index in [4.69, 9.17) is 26.8 Å². The molecule has 0 saturated heterocycles. The lowest BCUT2D eigenvalue weighted by Gasteiger charge is -1.99. The highest BCUT2D eigenvalue weighted by Crippen LogP contribution is 2.09. The first kappa shape index (κ1) is 34.0. The van der Waals surface area contributed by atoms with E-state index < -0.39 is 17.9 Å². The van der Waals surface area contributed by atoms with E-state index >= 15 is 0 Å². The molecule has 0 aromatic heterocycles. The van der Waals surface area contributed by atoms with E-state index in [-0.39, 0.29) is 12.8 Å². The van der Waals surface area contributed by atoms with Crippen LogP contribution in [0.2, 0.25) is 0 Å². The predicted molar refractivity (Wildman–Crippen MR) is 125 cm³/mol. The summed E-state index contributed by atoms with van der Waals surface area (Å²) >= 11 is 0. The van der Waals surface area contributed by atoms with Gasteiger partial charge in [-0.2, -0.15) is 0 Å². The minimum atomic E-state index is -0.870. The van der Waals surface area contributed by atoms with Gasteiger partial charge < -0.3 is 26.8 Å². The lowest BCUT2D eigenvalue weighted by atomic mass is 10.1. The van der Waals surface area contributed by atoms with Crippen LogP contribution in [-0.2, 0) is 14.4 Å². The van der Waals surface area contributed by atoms with Crippen LogP contribution < -0.4 is 11.5 Å². The third-order valence-electron chi connectivity index (χ3n) is 4.43. The number of hydrogen-bond acceptors (Lipinski definition) is 5. The molecule has 0 aliphatic rings. The van der Waals surface area contributed by atoms with Gasteiger partial charge >= 0.3 is 17.9 Å². The van der Waals surface area contributed by atoms with Gasteiger partial charge in [0.25, 0.3) is 0 Å². The normalized spacial score (nSPS) is 9.77. The van der Waals surface area contributed by atoms with E-state index in [1.165, 1.54) is 51.4 Å². The molecule has 0 aromatic rings. The second-order valence-corrected chi connectivity index (χ2v) is 7.60. The maximum Gasteiger partial charge on any atom is 0.303 e. The van der Waals surface area contributed by atoms with Crippen molar-refractivity contribution in [2.75, 3.05) is 13.1 Å². The number of nitrogens with two attached hydrogens (primary N) is 2. The van der Waals surface area contributed by atoms with E-state index in [2.05, 4.69) is 6.92 Å². The van der Waals surface area contributed by atoms with Gasteiger partial charge in [0.2, 0.25) is 0 Å². The number of carboxylic acids is 3. The van der Waals surface area contributed by atoms with Crippen LogP contribution in [0, 0.1) is 0 Å². The van der Waals surface area contributed by atoms with E-state index in [1.807, 2.05) is 0 Å². The topological polar surface area (TPSA) is 164 Å². The van der Waals surface area contributed by atoms with E-state index in [9.17, 15) is 14.4 Å². The number of unbranched alkanes of at least 4 members (excludes halogenated alkanes) is 11. The summed E-state index contributed by atoms with van der Waals surface area (Å²) in [5, 5.41) is 24.6. The lowest BCUT2D eigenvalue weighted by Crippen LogP contribution is -2.00. The Hall–Kier alpha value is -1.67. The summed E-state index contributed by atoms with van der Waals surface area (Å²) in [6.07, 6.45) is 15.9. The smallest absolute Gasteiger partial charge is 0.303 e. The van der Waals surface area contributed by atoms with Gasteiger partial charge in [0.05, 0.1) is 0 Å². The first-order valence-corrected chi connectivity index (χ1v) is 11.9. The summed E-state index contributed by atoms with van der Waals surface area (Å²) in [5.74, 6) is -2.40. The summed E-state index contributed by atoms with van der Waals surface area (Å²) in [5.41, 5.74) is 10.6. The van der Waals surface area contributed by atoms with Crippen LogP contribution in [-0.4, -0.2) is 46.3 Å². The first-order chi connectivity index (χ1) is 14.8. The Morgan fingerprint density at radius 3 is 1.03 bits per heavy atom. The van der Waals surface area contributed by atoms with Gasteiger partial charge in [0.15, 0.2) is 0 Å². The van der Waals surface area contributed by atoms with Crippen LogP contribution in [0.5, 0.6) is 0 Å². The molecule has 0 heterocycles. The van der Waals surface area contributed by atoms with Crippen molar-refractivity contribution in [2.45, 2.75) is 116 Å². The molecule has 0 bridgehead atoms. The molecule has 0 aliphatic carbocycles. The summed E-state index contributed by atoms with van der Waals surface area (Å²) in [7, 11) is 0. The Morgan fingerprint density at radius 1 is 0.484 bits per heavy atom. The highest BCUT2D eigenvalue weighted by Gasteiger charge is 1.99. The van der Waals surface area contributed by atoms with E-state index in [1.54, 1.807) is 0 Å². The van der Waals surface area contributed by atoms with Crippen LogP contribution in [0.15, 0.2) is 0 Å². The van der Waals surface area contributed by atoms with E-state index in [0.29, 0.717) is 19.3 Å². The Labute approximate surface area is 188 Å². The Bertz CT molecular complexity index is 384. The second-order valence-electron chi connectivity index (χ2n) is 7.60. The number of carboxylic acid groups (broad SMARTS) is 3. The minimum Gasteiger partial charge on any atom is -0.481 e. The molecule has 0 unspecified atom stereocenters. The van der Waals surface area contributed by atoms with Crippen LogP contribution in [0.25, 0.3) is 0 Å². The summed E-state index contributed by atoms with van der Waals surface area (Å²) in [4.78, 5) is 30.0. The SMILES string of the molecule is CCCCCCCCCCC(=O)O.NCCCCCCN.O=C(O)CCCCC(=O)O. The minimum absolute atomic E-state index is 0.0628. The highest BCUT2D eigenvalue weighted by molar-refractivity contribution is 5.68. The van der Waals surface area contributed by atoms with Crippen molar-refractivity contribution in [3.63, 3.8) is 0 Å². The number of aliphatic carboxylic acids is 3. The fraction of sp³-hybridized carbons (Fsp3) is 0.870. The van der Waals surface area contributed by atoms with Gasteiger partial charge in [0, 0.05) is 19.3 Å². The average Bonchev–Trinajstić information content (AvgIpc) is 2.71.